The lowest BCUT2D eigenvalue weighted by atomic mass is 10.2. The van der Waals surface area contributed by atoms with Gasteiger partial charge in [-0.15, -0.1) is 23.1 Å². The van der Waals surface area contributed by atoms with Gasteiger partial charge in [0.2, 0.25) is 5.91 Å². The number of fused-ring (bicyclic) bond motifs is 1. The fraction of sp³-hybridized carbons (Fsp3) is 0.409. The maximum Gasteiger partial charge on any atom is 0.259 e. The molecule has 7 heteroatoms. The summed E-state index contributed by atoms with van der Waals surface area (Å²) in [5.41, 5.74) is 2.03. The minimum Gasteiger partial charge on any atom is -0.337 e. The zero-order valence-corrected chi connectivity index (χ0v) is 19.0. The summed E-state index contributed by atoms with van der Waals surface area (Å²) in [5, 5.41) is 0.473. The number of nitrogens with one attached hydrogen (secondary N) is 1. The molecule has 154 valence electrons. The summed E-state index contributed by atoms with van der Waals surface area (Å²) in [5.74, 6) is 1.24. The van der Waals surface area contributed by atoms with Crippen molar-refractivity contribution in [2.45, 2.75) is 51.7 Å². The fourth-order valence-corrected chi connectivity index (χ4v) is 5.13. The molecule has 1 unspecified atom stereocenters. The lowest BCUT2D eigenvalue weighted by Crippen LogP contribution is -2.36. The molecule has 0 fully saturated rings. The molecule has 0 saturated heterocycles. The molecule has 3 rings (SSSR count). The molecule has 2 heterocycles. The Balaban J connectivity index is 1.68. The average Bonchev–Trinajstić information content (AvgIpc) is 3.00. The molecule has 3 aromatic rings. The number of aryl methyl sites for hydroxylation is 2. The van der Waals surface area contributed by atoms with Gasteiger partial charge in [-0.25, -0.2) is 4.98 Å². The van der Waals surface area contributed by atoms with E-state index < -0.39 is 0 Å². The summed E-state index contributed by atoms with van der Waals surface area (Å²) in [7, 11) is 0. The predicted molar refractivity (Wildman–Crippen MR) is 123 cm³/mol. The van der Waals surface area contributed by atoms with Crippen molar-refractivity contribution in [3.05, 3.63) is 62.5 Å². The zero-order chi connectivity index (χ0) is 21.0. The van der Waals surface area contributed by atoms with Gasteiger partial charge in [0.25, 0.3) is 5.56 Å². The lowest BCUT2D eigenvalue weighted by molar-refractivity contribution is -0.131. The quantitative estimate of drug-likeness (QED) is 0.565. The van der Waals surface area contributed by atoms with E-state index in [9.17, 15) is 9.59 Å². The highest BCUT2D eigenvalue weighted by atomic mass is 32.2. The van der Waals surface area contributed by atoms with Gasteiger partial charge in [-0.1, -0.05) is 37.3 Å². The van der Waals surface area contributed by atoms with Crippen LogP contribution in [0, 0.1) is 13.8 Å². The van der Waals surface area contributed by atoms with Crippen LogP contribution in [0.4, 0.5) is 0 Å². The van der Waals surface area contributed by atoms with E-state index in [-0.39, 0.29) is 16.7 Å². The number of thiophene rings is 1. The van der Waals surface area contributed by atoms with Gasteiger partial charge in [0.05, 0.1) is 16.4 Å². The number of rotatable bonds is 8. The van der Waals surface area contributed by atoms with Crippen molar-refractivity contribution >= 4 is 39.2 Å². The van der Waals surface area contributed by atoms with Gasteiger partial charge in [-0.3, -0.25) is 9.59 Å². The second-order valence-corrected chi connectivity index (χ2v) is 9.71. The molecule has 0 saturated carbocycles. The van der Waals surface area contributed by atoms with Crippen molar-refractivity contribution in [1.82, 2.24) is 14.9 Å². The van der Waals surface area contributed by atoms with E-state index in [1.165, 1.54) is 11.8 Å². The molecule has 2 aromatic heterocycles. The standard InChI is InChI=1S/C22H27N3O2S2/c1-5-11-25(12-17-9-7-6-8-10-17)22(27)16(4)28-13-18-23-20(26)19-14(2)15(3)29-21(19)24-18/h6-10,16H,5,11-13H2,1-4H3,(H,23,24,26). The van der Waals surface area contributed by atoms with E-state index in [2.05, 4.69) is 16.9 Å². The van der Waals surface area contributed by atoms with Gasteiger partial charge in [-0.2, -0.15) is 0 Å². The van der Waals surface area contributed by atoms with Crippen molar-refractivity contribution in [2.24, 2.45) is 0 Å². The number of carbonyl (C=O) groups excluding carboxylic acids is 1. The molecule has 0 aliphatic carbocycles. The highest BCUT2D eigenvalue weighted by molar-refractivity contribution is 7.99. The lowest BCUT2D eigenvalue weighted by Gasteiger charge is -2.25. The largest absolute Gasteiger partial charge is 0.337 e. The monoisotopic (exact) mass is 429 g/mol. The first-order valence-corrected chi connectivity index (χ1v) is 11.7. The number of nitrogens with zero attached hydrogens (tertiary/aromatic N) is 2. The van der Waals surface area contributed by atoms with Crippen molar-refractivity contribution in [3.63, 3.8) is 0 Å². The zero-order valence-electron chi connectivity index (χ0n) is 17.3. The number of aromatic amines is 1. The first kappa shape index (κ1) is 21.6. The Kier molecular flexibility index (Phi) is 7.14. The first-order valence-electron chi connectivity index (χ1n) is 9.84. The van der Waals surface area contributed by atoms with Crippen molar-refractivity contribution in [2.75, 3.05) is 6.54 Å². The van der Waals surface area contributed by atoms with Gasteiger partial charge in [0, 0.05) is 18.0 Å². The molecular weight excluding hydrogens is 402 g/mol. The maximum atomic E-state index is 13.0. The highest BCUT2D eigenvalue weighted by Crippen LogP contribution is 2.26. The molecule has 1 atom stereocenters. The highest BCUT2D eigenvalue weighted by Gasteiger charge is 2.21. The third-order valence-electron chi connectivity index (χ3n) is 4.93. The molecule has 0 aliphatic heterocycles. The average molecular weight is 430 g/mol. The van der Waals surface area contributed by atoms with Crippen LogP contribution in [0.2, 0.25) is 0 Å². The minimum atomic E-state index is -0.210. The third kappa shape index (κ3) is 5.08. The number of carbonyl (C=O) groups is 1. The van der Waals surface area contributed by atoms with Crippen LogP contribution < -0.4 is 5.56 Å². The molecule has 1 N–H and O–H groups in total. The normalized spacial score (nSPS) is 12.3. The Morgan fingerprint density at radius 2 is 2.00 bits per heavy atom. The molecule has 0 radical (unpaired) electrons. The van der Waals surface area contributed by atoms with Gasteiger partial charge < -0.3 is 9.88 Å². The van der Waals surface area contributed by atoms with Crippen LogP contribution in [0.3, 0.4) is 0 Å². The second kappa shape index (κ2) is 9.59. The SMILES string of the molecule is CCCN(Cc1ccccc1)C(=O)C(C)SCc1nc2sc(C)c(C)c2c(=O)[nH]1. The second-order valence-electron chi connectivity index (χ2n) is 7.17. The number of aromatic nitrogens is 2. The number of thioether (sulfide) groups is 1. The molecule has 1 amide bonds. The van der Waals surface area contributed by atoms with E-state index in [4.69, 9.17) is 0 Å². The van der Waals surface area contributed by atoms with Crippen LogP contribution in [0.25, 0.3) is 10.2 Å². The minimum absolute atomic E-state index is 0.0943. The maximum absolute atomic E-state index is 13.0. The van der Waals surface area contributed by atoms with Crippen LogP contribution in [-0.2, 0) is 17.1 Å². The van der Waals surface area contributed by atoms with Gasteiger partial charge in [0.1, 0.15) is 10.7 Å². The smallest absolute Gasteiger partial charge is 0.259 e. The Bertz CT molecular complexity index is 1040. The molecular formula is C22H27N3O2S2. The number of benzene rings is 1. The Morgan fingerprint density at radius 1 is 1.28 bits per heavy atom. The van der Waals surface area contributed by atoms with Crippen molar-refractivity contribution in [1.29, 1.82) is 0 Å². The summed E-state index contributed by atoms with van der Waals surface area (Å²) in [4.78, 5) is 36.7. The van der Waals surface area contributed by atoms with Crippen LogP contribution in [0.15, 0.2) is 35.1 Å². The molecule has 5 nitrogen and oxygen atoms in total. The third-order valence-corrected chi connectivity index (χ3v) is 7.17. The first-order chi connectivity index (χ1) is 13.9. The molecule has 0 aliphatic rings. The van der Waals surface area contributed by atoms with Crippen LogP contribution in [0.5, 0.6) is 0 Å². The molecule has 0 spiro atoms. The molecule has 0 bridgehead atoms. The van der Waals surface area contributed by atoms with Crippen LogP contribution in [-0.4, -0.2) is 32.6 Å². The Hall–Kier alpha value is -2.12. The van der Waals surface area contributed by atoms with E-state index in [1.54, 1.807) is 11.3 Å². The Labute approximate surface area is 179 Å². The predicted octanol–water partition coefficient (Wildman–Crippen LogP) is 4.66. The van der Waals surface area contributed by atoms with Crippen LogP contribution in [0.1, 0.15) is 42.1 Å². The van der Waals surface area contributed by atoms with Gasteiger partial charge in [0.15, 0.2) is 0 Å². The summed E-state index contributed by atoms with van der Waals surface area (Å²) in [6, 6.07) is 10.1. The topological polar surface area (TPSA) is 66.1 Å². The van der Waals surface area contributed by atoms with Gasteiger partial charge in [-0.05, 0) is 38.3 Å². The van der Waals surface area contributed by atoms with E-state index in [0.717, 1.165) is 33.8 Å². The van der Waals surface area contributed by atoms with Crippen LogP contribution >= 0.6 is 23.1 Å². The fourth-order valence-electron chi connectivity index (χ4n) is 3.24. The van der Waals surface area contributed by atoms with Gasteiger partial charge >= 0.3 is 0 Å². The van der Waals surface area contributed by atoms with E-state index in [0.29, 0.717) is 23.5 Å². The molecule has 1 aromatic carbocycles. The van der Waals surface area contributed by atoms with Crippen molar-refractivity contribution < 1.29 is 4.79 Å². The summed E-state index contributed by atoms with van der Waals surface area (Å²) in [6.45, 7) is 9.32. The number of hydrogen-bond acceptors (Lipinski definition) is 5. The number of H-pyrrole nitrogens is 1. The van der Waals surface area contributed by atoms with Crippen molar-refractivity contribution in [3.8, 4) is 0 Å². The summed E-state index contributed by atoms with van der Waals surface area (Å²) in [6.07, 6.45) is 0.915. The molecule has 29 heavy (non-hydrogen) atoms. The summed E-state index contributed by atoms with van der Waals surface area (Å²) < 4.78 is 0. The Morgan fingerprint density at radius 3 is 2.69 bits per heavy atom. The van der Waals surface area contributed by atoms with E-state index >= 15 is 0 Å². The number of amides is 1. The summed E-state index contributed by atoms with van der Waals surface area (Å²) >= 11 is 3.06. The van der Waals surface area contributed by atoms with E-state index in [1.807, 2.05) is 56.0 Å². The number of hydrogen-bond donors (Lipinski definition) is 1.